The van der Waals surface area contributed by atoms with Crippen LogP contribution >= 0.6 is 23.2 Å². The molecular formula is C24H32Cl2N10O8. The van der Waals surface area contributed by atoms with Crippen LogP contribution in [0.1, 0.15) is 33.7 Å². The van der Waals surface area contributed by atoms with Crippen molar-refractivity contribution in [1.82, 2.24) is 39.0 Å². The summed E-state index contributed by atoms with van der Waals surface area (Å²) < 4.78 is 26.1. The fourth-order valence-corrected chi connectivity index (χ4v) is 5.68. The molecule has 240 valence electrons. The Morgan fingerprint density at radius 2 is 1.25 bits per heavy atom. The first-order valence-corrected chi connectivity index (χ1v) is 13.7. The van der Waals surface area contributed by atoms with Crippen molar-refractivity contribution in [2.45, 2.75) is 76.1 Å². The Balaban J connectivity index is 0.000000172. The van der Waals surface area contributed by atoms with Gasteiger partial charge in [0.05, 0.1) is 25.9 Å². The van der Waals surface area contributed by atoms with Crippen molar-refractivity contribution in [2.24, 2.45) is 0 Å². The third-order valence-corrected chi connectivity index (χ3v) is 7.55. The lowest BCUT2D eigenvalue weighted by molar-refractivity contribution is -0.199. The molecule has 0 saturated carbocycles. The van der Waals surface area contributed by atoms with Gasteiger partial charge in [-0.05, 0) is 37.0 Å². The Hall–Kier alpha value is -3.04. The molecule has 18 nitrogen and oxygen atoms in total. The molecule has 20 heteroatoms. The van der Waals surface area contributed by atoms with E-state index in [-0.39, 0.29) is 48.0 Å². The Morgan fingerprint density at radius 3 is 1.75 bits per heavy atom. The van der Waals surface area contributed by atoms with E-state index in [0.717, 1.165) is 0 Å². The summed E-state index contributed by atoms with van der Waals surface area (Å²) in [7, 11) is 0. The molecule has 3 aliphatic heterocycles. The number of ether oxygens (including phenoxy) is 4. The zero-order valence-corrected chi connectivity index (χ0v) is 24.1. The summed E-state index contributed by atoms with van der Waals surface area (Å²) in [5, 5.41) is 38.3. The second-order valence-electron chi connectivity index (χ2n) is 10.4. The van der Waals surface area contributed by atoms with E-state index in [1.54, 1.807) is 10.9 Å². The van der Waals surface area contributed by atoms with Crippen LogP contribution in [-0.2, 0) is 18.9 Å². The van der Waals surface area contributed by atoms with Crippen LogP contribution < -0.4 is 11.5 Å². The number of hydrogen-bond donors (Lipinski definition) is 6. The second kappa shape index (κ2) is 12.0. The first-order chi connectivity index (χ1) is 20.4. The highest BCUT2D eigenvalue weighted by Gasteiger charge is 2.56. The molecule has 4 aromatic heterocycles. The molecule has 3 fully saturated rings. The monoisotopic (exact) mass is 658 g/mol. The molecule has 0 spiro atoms. The molecule has 8 atom stereocenters. The minimum Gasteiger partial charge on any atom is -0.394 e. The maximum atomic E-state index is 9.99. The average Bonchev–Trinajstić information content (AvgIpc) is 3.74. The molecule has 7 heterocycles. The van der Waals surface area contributed by atoms with Gasteiger partial charge in [-0.15, -0.1) is 0 Å². The van der Waals surface area contributed by atoms with Crippen molar-refractivity contribution < 1.29 is 39.4 Å². The van der Waals surface area contributed by atoms with Crippen LogP contribution in [0.25, 0.3) is 22.3 Å². The van der Waals surface area contributed by atoms with Crippen LogP contribution in [0.3, 0.4) is 0 Å². The highest BCUT2D eigenvalue weighted by Crippen LogP contribution is 2.43. The van der Waals surface area contributed by atoms with Crippen molar-refractivity contribution in [2.75, 3.05) is 24.7 Å². The molecule has 8 N–H and O–H groups in total. The van der Waals surface area contributed by atoms with Crippen molar-refractivity contribution >= 4 is 57.2 Å². The fourth-order valence-electron chi connectivity index (χ4n) is 5.33. The SMILES string of the molecule is C.CC1(C)OC2[C@@H](O1)[C@@H](CO)O[C@H]2n1cnc2c(N)nc(Cl)nc21.Nc1nc(Cl)nc2c1ncn2[C@@H]1O[C@H](CO)[C@H](O)C1O. The lowest BCUT2D eigenvalue weighted by Gasteiger charge is -2.24. The number of nitrogen functional groups attached to an aromatic ring is 2. The van der Waals surface area contributed by atoms with E-state index < -0.39 is 55.4 Å². The first-order valence-electron chi connectivity index (χ1n) is 13.0. The summed E-state index contributed by atoms with van der Waals surface area (Å²) in [6.45, 7) is 3.04. The number of halogens is 2. The zero-order valence-electron chi connectivity index (χ0n) is 22.6. The number of rotatable bonds is 4. The standard InChI is InChI=1S/C13H16ClN5O4.C10H12ClN5O4.CH4/c1-13(2)22-7-5(3-20)21-11(8(7)23-13)19-4-16-6-9(15)17-12(14)18-10(6)19;11-10-14-7(12)4-8(15-10)16(2-13-4)9-6(19)5(18)3(1-17)20-9;/h4-5,7-8,11,20H,3H2,1-2H3,(H2,15,17,18);2-3,5-6,9,17-19H,1H2,(H2,12,14,15);1H4/t5-,7+,8?,11-;3-,5+,6?,9-;/m11./s1. The van der Waals surface area contributed by atoms with Gasteiger partial charge in [-0.2, -0.15) is 19.9 Å². The largest absolute Gasteiger partial charge is 0.394 e. The van der Waals surface area contributed by atoms with Crippen molar-refractivity contribution in [3.05, 3.63) is 23.2 Å². The topological polar surface area (TPSA) is 257 Å². The number of nitrogens with two attached hydrogens (primary N) is 2. The minimum absolute atomic E-state index is 0. The van der Waals surface area contributed by atoms with Gasteiger partial charge in [0.2, 0.25) is 10.6 Å². The first kappa shape index (κ1) is 32.4. The van der Waals surface area contributed by atoms with Crippen LogP contribution in [0.4, 0.5) is 11.6 Å². The van der Waals surface area contributed by atoms with Gasteiger partial charge in [0.1, 0.15) is 47.7 Å². The van der Waals surface area contributed by atoms with Gasteiger partial charge in [0, 0.05) is 0 Å². The molecule has 7 rings (SSSR count). The Bertz CT molecular complexity index is 1660. The summed E-state index contributed by atoms with van der Waals surface area (Å²) in [4.78, 5) is 24.1. The van der Waals surface area contributed by atoms with E-state index >= 15 is 0 Å². The third-order valence-electron chi connectivity index (χ3n) is 7.21. The summed E-state index contributed by atoms with van der Waals surface area (Å²) in [5.74, 6) is -0.464. The summed E-state index contributed by atoms with van der Waals surface area (Å²) in [6, 6.07) is 0. The number of nitrogens with zero attached hydrogens (tertiary/aromatic N) is 8. The van der Waals surface area contributed by atoms with Gasteiger partial charge in [0.25, 0.3) is 0 Å². The minimum atomic E-state index is -1.24. The van der Waals surface area contributed by atoms with Crippen LogP contribution in [0.15, 0.2) is 12.7 Å². The van der Waals surface area contributed by atoms with Gasteiger partial charge < -0.3 is 50.8 Å². The number of aliphatic hydroxyl groups excluding tert-OH is 4. The number of aromatic nitrogens is 8. The number of imidazole rings is 2. The maximum absolute atomic E-state index is 9.99. The van der Waals surface area contributed by atoms with Gasteiger partial charge in [-0.3, -0.25) is 9.13 Å². The summed E-state index contributed by atoms with van der Waals surface area (Å²) in [6.07, 6.45) is -3.24. The molecule has 0 aromatic carbocycles. The Kier molecular flexibility index (Phi) is 8.86. The van der Waals surface area contributed by atoms with E-state index in [1.165, 1.54) is 10.9 Å². The molecule has 2 unspecified atom stereocenters. The Labute approximate surface area is 259 Å². The molecule has 3 saturated heterocycles. The molecule has 0 radical (unpaired) electrons. The number of fused-ring (bicyclic) bond motifs is 3. The lowest BCUT2D eigenvalue weighted by atomic mass is 10.1. The van der Waals surface area contributed by atoms with E-state index in [9.17, 15) is 15.3 Å². The molecule has 0 aliphatic carbocycles. The predicted molar refractivity (Wildman–Crippen MR) is 154 cm³/mol. The zero-order chi connectivity index (χ0) is 30.8. The molecule has 3 aliphatic rings. The van der Waals surface area contributed by atoms with Gasteiger partial charge in [-0.25, -0.2) is 9.97 Å². The molecule has 44 heavy (non-hydrogen) atoms. The lowest BCUT2D eigenvalue weighted by Crippen LogP contribution is -2.33. The highest BCUT2D eigenvalue weighted by molar-refractivity contribution is 6.29. The van der Waals surface area contributed by atoms with E-state index in [2.05, 4.69) is 29.9 Å². The van der Waals surface area contributed by atoms with Crippen LogP contribution in [0, 0.1) is 0 Å². The number of anilines is 2. The summed E-state index contributed by atoms with van der Waals surface area (Å²) in [5.41, 5.74) is 13.0. The normalized spacial score (nSPS) is 30.7. The molecule has 0 bridgehead atoms. The number of aliphatic hydroxyl groups is 4. The quantitative estimate of drug-likeness (QED) is 0.155. The highest BCUT2D eigenvalue weighted by atomic mass is 35.5. The van der Waals surface area contributed by atoms with Gasteiger partial charge in [0.15, 0.2) is 41.2 Å². The van der Waals surface area contributed by atoms with E-state index in [4.69, 9.17) is 58.7 Å². The van der Waals surface area contributed by atoms with Crippen LogP contribution in [0.5, 0.6) is 0 Å². The molecule has 0 amide bonds. The van der Waals surface area contributed by atoms with Crippen LogP contribution in [-0.4, -0.2) is 115 Å². The van der Waals surface area contributed by atoms with Gasteiger partial charge in [-0.1, -0.05) is 7.43 Å². The van der Waals surface area contributed by atoms with E-state index in [1.807, 2.05) is 13.8 Å². The van der Waals surface area contributed by atoms with Crippen molar-refractivity contribution in [3.8, 4) is 0 Å². The summed E-state index contributed by atoms with van der Waals surface area (Å²) >= 11 is 11.6. The predicted octanol–water partition coefficient (Wildman–Crippen LogP) is -0.219. The molecular weight excluding hydrogens is 627 g/mol. The Morgan fingerprint density at radius 1 is 0.773 bits per heavy atom. The fraction of sp³-hybridized carbons (Fsp3) is 0.583. The van der Waals surface area contributed by atoms with Crippen LogP contribution in [0.2, 0.25) is 10.6 Å². The number of hydrogen-bond acceptors (Lipinski definition) is 16. The maximum Gasteiger partial charge on any atom is 0.226 e. The second-order valence-corrected chi connectivity index (χ2v) is 11.1. The van der Waals surface area contributed by atoms with Gasteiger partial charge >= 0.3 is 0 Å². The van der Waals surface area contributed by atoms with Crippen molar-refractivity contribution in [3.63, 3.8) is 0 Å². The average molecular weight is 659 g/mol. The third kappa shape index (κ3) is 5.51. The smallest absolute Gasteiger partial charge is 0.226 e. The van der Waals surface area contributed by atoms with Crippen molar-refractivity contribution in [1.29, 1.82) is 0 Å². The van der Waals surface area contributed by atoms with E-state index in [0.29, 0.717) is 16.7 Å². The molecule has 4 aromatic rings.